The van der Waals surface area contributed by atoms with Crippen molar-refractivity contribution in [2.45, 2.75) is 26.3 Å². The monoisotopic (exact) mass is 353 g/mol. The normalized spacial score (nSPS) is 11.3. The number of aryl methyl sites for hydroxylation is 1. The Balaban J connectivity index is 1.77. The molecule has 0 atom stereocenters. The average molecular weight is 354 g/mol. The molecule has 0 spiro atoms. The van der Waals surface area contributed by atoms with Gasteiger partial charge in [0, 0.05) is 24.8 Å². The molecule has 0 saturated carbocycles. The van der Waals surface area contributed by atoms with E-state index < -0.39 is 0 Å². The zero-order chi connectivity index (χ0) is 17.2. The molecule has 0 radical (unpaired) electrons. The summed E-state index contributed by atoms with van der Waals surface area (Å²) in [6, 6.07) is 3.64. The van der Waals surface area contributed by atoms with Gasteiger partial charge in [0.2, 0.25) is 0 Å². The summed E-state index contributed by atoms with van der Waals surface area (Å²) in [4.78, 5) is 17.6. The van der Waals surface area contributed by atoms with Crippen LogP contribution < -0.4 is 0 Å². The van der Waals surface area contributed by atoms with Gasteiger partial charge in [-0.05, 0) is 18.6 Å². The predicted octanol–water partition coefficient (Wildman–Crippen LogP) is 3.04. The predicted molar refractivity (Wildman–Crippen MR) is 94.3 cm³/mol. The van der Waals surface area contributed by atoms with Crippen molar-refractivity contribution in [2.24, 2.45) is 0 Å². The maximum Gasteiger partial charge on any atom is 0.160 e. The number of halogens is 1. The van der Waals surface area contributed by atoms with E-state index in [2.05, 4.69) is 27.0 Å². The van der Waals surface area contributed by atoms with Gasteiger partial charge in [-0.2, -0.15) is 5.10 Å². The van der Waals surface area contributed by atoms with Gasteiger partial charge in [-0.1, -0.05) is 24.9 Å². The third kappa shape index (κ3) is 2.98. The minimum Gasteiger partial charge on any atom is -0.324 e. The lowest BCUT2D eigenvalue weighted by Crippen LogP contribution is -2.06. The number of rotatable bonds is 5. The van der Waals surface area contributed by atoms with Crippen LogP contribution in [0.3, 0.4) is 0 Å². The number of hydrogen-bond acceptors (Lipinski definition) is 5. The van der Waals surface area contributed by atoms with E-state index >= 15 is 0 Å². The van der Waals surface area contributed by atoms with Gasteiger partial charge in [0.05, 0.1) is 24.1 Å². The van der Waals surface area contributed by atoms with Crippen LogP contribution in [-0.4, -0.2) is 34.1 Å². The van der Waals surface area contributed by atoms with Crippen LogP contribution in [0.5, 0.6) is 0 Å². The van der Waals surface area contributed by atoms with Gasteiger partial charge in [0.15, 0.2) is 11.5 Å². The molecule has 126 valence electrons. The molecule has 0 aliphatic carbocycles. The molecule has 4 heterocycles. The minimum atomic E-state index is 0.455. The molecule has 0 N–H and O–H groups in total. The van der Waals surface area contributed by atoms with E-state index in [1.807, 2.05) is 21.3 Å². The molecule has 4 aromatic rings. The van der Waals surface area contributed by atoms with Crippen LogP contribution in [-0.2, 0) is 13.0 Å². The first kappa shape index (κ1) is 15.7. The first-order valence-corrected chi connectivity index (χ1v) is 8.44. The molecule has 0 aliphatic rings. The smallest absolute Gasteiger partial charge is 0.160 e. The number of aromatic nitrogens is 7. The number of nitrogens with zero attached hydrogens (tertiary/aromatic N) is 7. The summed E-state index contributed by atoms with van der Waals surface area (Å²) >= 11 is 6.06. The van der Waals surface area contributed by atoms with Crippen LogP contribution in [0.2, 0.25) is 5.15 Å². The second-order valence-electron chi connectivity index (χ2n) is 5.65. The standard InChI is InChI=1S/C17H16ClN7/c1-2-3-14-13(22-16-5-4-15(18)23-25(14)16)11-24-9-8-21-17(24)12-10-19-6-7-20-12/h4-10H,2-3,11H2,1H3. The zero-order valence-electron chi connectivity index (χ0n) is 13.7. The lowest BCUT2D eigenvalue weighted by molar-refractivity contribution is 0.742. The molecular weight excluding hydrogens is 338 g/mol. The third-order valence-electron chi connectivity index (χ3n) is 3.94. The van der Waals surface area contributed by atoms with Crippen molar-refractivity contribution >= 4 is 17.2 Å². The van der Waals surface area contributed by atoms with Crippen molar-refractivity contribution < 1.29 is 0 Å². The molecule has 0 aliphatic heterocycles. The van der Waals surface area contributed by atoms with Crippen LogP contribution in [0.15, 0.2) is 43.1 Å². The summed E-state index contributed by atoms with van der Waals surface area (Å²) in [6.07, 6.45) is 10.6. The van der Waals surface area contributed by atoms with Crippen molar-refractivity contribution in [2.75, 3.05) is 0 Å². The fourth-order valence-electron chi connectivity index (χ4n) is 2.86. The third-order valence-corrected chi connectivity index (χ3v) is 4.14. The van der Waals surface area contributed by atoms with Crippen molar-refractivity contribution in [3.63, 3.8) is 0 Å². The van der Waals surface area contributed by atoms with Crippen LogP contribution >= 0.6 is 11.6 Å². The molecule has 0 saturated heterocycles. The maximum atomic E-state index is 6.06. The number of imidazole rings is 2. The Morgan fingerprint density at radius 3 is 2.84 bits per heavy atom. The maximum absolute atomic E-state index is 6.06. The van der Waals surface area contributed by atoms with E-state index in [-0.39, 0.29) is 0 Å². The molecule has 25 heavy (non-hydrogen) atoms. The van der Waals surface area contributed by atoms with E-state index in [4.69, 9.17) is 16.6 Å². The van der Waals surface area contributed by atoms with Crippen LogP contribution in [0.25, 0.3) is 17.2 Å². The van der Waals surface area contributed by atoms with E-state index in [9.17, 15) is 0 Å². The van der Waals surface area contributed by atoms with Crippen molar-refractivity contribution in [3.8, 4) is 11.5 Å². The molecule has 4 rings (SSSR count). The highest BCUT2D eigenvalue weighted by Gasteiger charge is 2.16. The second kappa shape index (κ2) is 6.60. The average Bonchev–Trinajstić information content (AvgIpc) is 3.22. The molecule has 8 heteroatoms. The minimum absolute atomic E-state index is 0.455. The Hall–Kier alpha value is -2.80. The fraction of sp³-hybridized carbons (Fsp3) is 0.235. The van der Waals surface area contributed by atoms with Crippen molar-refractivity contribution in [1.82, 2.24) is 34.1 Å². The van der Waals surface area contributed by atoms with Gasteiger partial charge < -0.3 is 4.57 Å². The van der Waals surface area contributed by atoms with Gasteiger partial charge in [0.25, 0.3) is 0 Å². The Labute approximate surface area is 149 Å². The Bertz CT molecular complexity index is 1010. The first-order chi connectivity index (χ1) is 12.3. The summed E-state index contributed by atoms with van der Waals surface area (Å²) in [5, 5.41) is 4.85. The fourth-order valence-corrected chi connectivity index (χ4v) is 3.00. The molecule has 0 fully saturated rings. The molecule has 0 bridgehead atoms. The van der Waals surface area contributed by atoms with E-state index in [0.717, 1.165) is 41.4 Å². The van der Waals surface area contributed by atoms with Gasteiger partial charge in [0.1, 0.15) is 10.8 Å². The van der Waals surface area contributed by atoms with Crippen molar-refractivity contribution in [1.29, 1.82) is 0 Å². The van der Waals surface area contributed by atoms with Crippen LogP contribution in [0.1, 0.15) is 24.7 Å². The van der Waals surface area contributed by atoms with E-state index in [1.165, 1.54) is 0 Å². The highest BCUT2D eigenvalue weighted by Crippen LogP contribution is 2.20. The summed E-state index contributed by atoms with van der Waals surface area (Å²) in [6.45, 7) is 2.72. The highest BCUT2D eigenvalue weighted by molar-refractivity contribution is 6.29. The topological polar surface area (TPSA) is 73.8 Å². The first-order valence-electron chi connectivity index (χ1n) is 8.07. The summed E-state index contributed by atoms with van der Waals surface area (Å²) in [7, 11) is 0. The molecule has 4 aromatic heterocycles. The Morgan fingerprint density at radius 2 is 2.04 bits per heavy atom. The number of hydrogen-bond donors (Lipinski definition) is 0. The largest absolute Gasteiger partial charge is 0.324 e. The lowest BCUT2D eigenvalue weighted by atomic mass is 10.2. The summed E-state index contributed by atoms with van der Waals surface area (Å²) in [5.74, 6) is 0.763. The molecule has 0 amide bonds. The molecule has 0 unspecified atom stereocenters. The Morgan fingerprint density at radius 1 is 1.12 bits per heavy atom. The van der Waals surface area contributed by atoms with Crippen molar-refractivity contribution in [3.05, 3.63) is 59.7 Å². The van der Waals surface area contributed by atoms with Gasteiger partial charge in [-0.3, -0.25) is 4.98 Å². The van der Waals surface area contributed by atoms with E-state index in [1.54, 1.807) is 30.9 Å². The SMILES string of the molecule is CCCc1c(Cn2ccnc2-c2cnccn2)nc2ccc(Cl)nn12. The van der Waals surface area contributed by atoms with Gasteiger partial charge in [-0.25, -0.2) is 19.5 Å². The summed E-state index contributed by atoms with van der Waals surface area (Å²) < 4.78 is 3.85. The molecule has 7 nitrogen and oxygen atoms in total. The second-order valence-corrected chi connectivity index (χ2v) is 6.04. The van der Waals surface area contributed by atoms with Crippen LogP contribution in [0.4, 0.5) is 0 Å². The molecular formula is C17H16ClN7. The van der Waals surface area contributed by atoms with E-state index in [0.29, 0.717) is 11.7 Å². The number of fused-ring (bicyclic) bond motifs is 1. The molecule has 0 aromatic carbocycles. The Kier molecular flexibility index (Phi) is 4.15. The quantitative estimate of drug-likeness (QED) is 0.551. The van der Waals surface area contributed by atoms with Gasteiger partial charge in [-0.15, -0.1) is 0 Å². The summed E-state index contributed by atoms with van der Waals surface area (Å²) in [5.41, 5.74) is 3.55. The lowest BCUT2D eigenvalue weighted by Gasteiger charge is -2.07. The van der Waals surface area contributed by atoms with Gasteiger partial charge >= 0.3 is 0 Å². The highest BCUT2D eigenvalue weighted by atomic mass is 35.5. The zero-order valence-corrected chi connectivity index (χ0v) is 14.4. The van der Waals surface area contributed by atoms with Crippen LogP contribution in [0, 0.1) is 0 Å².